The number of aliphatic imine (C=N–C) groups is 1. The summed E-state index contributed by atoms with van der Waals surface area (Å²) >= 11 is 0. The molecule has 0 spiro atoms. The van der Waals surface area contributed by atoms with Crippen molar-refractivity contribution < 1.29 is 9.59 Å². The second-order valence-corrected chi connectivity index (χ2v) is 8.82. The van der Waals surface area contributed by atoms with Gasteiger partial charge in [0, 0.05) is 17.7 Å². The Morgan fingerprint density at radius 2 is 1.77 bits per heavy atom. The summed E-state index contributed by atoms with van der Waals surface area (Å²) < 4.78 is 0. The molecule has 4 nitrogen and oxygen atoms in total. The average molecular weight is 403 g/mol. The zero-order chi connectivity index (χ0) is 21.1. The van der Waals surface area contributed by atoms with Crippen LogP contribution in [-0.4, -0.2) is 23.0 Å². The molecule has 3 aliphatic carbocycles. The van der Waals surface area contributed by atoms with Gasteiger partial charge < -0.3 is 5.41 Å². The van der Waals surface area contributed by atoms with E-state index in [1.54, 1.807) is 6.08 Å². The highest BCUT2D eigenvalue weighted by atomic mass is 16.1. The van der Waals surface area contributed by atoms with Gasteiger partial charge in [0.15, 0.2) is 11.6 Å². The third kappa shape index (κ3) is 4.28. The summed E-state index contributed by atoms with van der Waals surface area (Å²) in [6.45, 7) is 2.27. The number of fused-ring (bicyclic) bond motifs is 1. The number of benzene rings is 1. The lowest BCUT2D eigenvalue weighted by molar-refractivity contribution is -0.117. The number of nitrogens with one attached hydrogen (secondary N) is 1. The van der Waals surface area contributed by atoms with Gasteiger partial charge in [0.25, 0.3) is 0 Å². The van der Waals surface area contributed by atoms with Crippen LogP contribution in [0.2, 0.25) is 0 Å². The fourth-order valence-electron chi connectivity index (χ4n) is 5.00. The maximum Gasteiger partial charge on any atom is 0.190 e. The van der Waals surface area contributed by atoms with Crippen LogP contribution in [0.5, 0.6) is 0 Å². The normalized spacial score (nSPS) is 27.9. The second kappa shape index (κ2) is 9.03. The van der Waals surface area contributed by atoms with Crippen molar-refractivity contribution in [1.29, 1.82) is 5.41 Å². The smallest absolute Gasteiger partial charge is 0.190 e. The predicted molar refractivity (Wildman–Crippen MR) is 121 cm³/mol. The topological polar surface area (TPSA) is 70.3 Å². The van der Waals surface area contributed by atoms with Crippen molar-refractivity contribution in [3.05, 3.63) is 53.6 Å². The van der Waals surface area contributed by atoms with E-state index in [2.05, 4.69) is 24.0 Å². The molecule has 1 unspecified atom stereocenters. The standard InChI is InChI=1S/C26H30N2O2/c1-2-3-4-17-5-7-18(8-6-17)19-9-11-20(12-10-19)28-23-15-13-21-24(29)16-14-22(27)25(21)26(23)30/h9-14,16-18,25,27H,2-8,15H2,1H3. The SMILES string of the molecule is CCCCC1CCC(c2ccc(N=C3CC=C4C(=O)C=CC(=N)C4C3=O)cc2)CC1. The number of unbranched alkanes of at least 4 members (excludes halogenated alkanes) is 1. The van der Waals surface area contributed by atoms with E-state index < -0.39 is 5.92 Å². The first-order valence-electron chi connectivity index (χ1n) is 11.3. The summed E-state index contributed by atoms with van der Waals surface area (Å²) in [5.41, 5.74) is 3.16. The van der Waals surface area contributed by atoms with Crippen molar-refractivity contribution in [3.63, 3.8) is 0 Å². The van der Waals surface area contributed by atoms with Crippen LogP contribution in [-0.2, 0) is 9.59 Å². The molecule has 0 bridgehead atoms. The van der Waals surface area contributed by atoms with E-state index >= 15 is 0 Å². The number of hydrogen-bond donors (Lipinski definition) is 1. The Hall–Kier alpha value is -2.62. The Bertz CT molecular complexity index is 928. The monoisotopic (exact) mass is 402 g/mol. The number of carbonyl (C=O) groups excluding carboxylic acids is 2. The number of hydrogen-bond acceptors (Lipinski definition) is 4. The molecule has 30 heavy (non-hydrogen) atoms. The molecule has 0 radical (unpaired) electrons. The fraction of sp³-hybridized carbons (Fsp3) is 0.462. The maximum absolute atomic E-state index is 12.8. The number of rotatable bonds is 5. The molecule has 1 fully saturated rings. The molecule has 0 aliphatic heterocycles. The summed E-state index contributed by atoms with van der Waals surface area (Å²) in [5, 5.41) is 8.04. The van der Waals surface area contributed by atoms with Crippen molar-refractivity contribution in [2.45, 2.75) is 64.2 Å². The predicted octanol–water partition coefficient (Wildman–Crippen LogP) is 5.90. The Morgan fingerprint density at radius 3 is 2.47 bits per heavy atom. The van der Waals surface area contributed by atoms with Crippen LogP contribution in [0.25, 0.3) is 0 Å². The molecule has 1 N–H and O–H groups in total. The highest BCUT2D eigenvalue weighted by molar-refractivity contribution is 6.49. The van der Waals surface area contributed by atoms with Crippen LogP contribution >= 0.6 is 0 Å². The van der Waals surface area contributed by atoms with Crippen LogP contribution in [0.4, 0.5) is 5.69 Å². The summed E-state index contributed by atoms with van der Waals surface area (Å²) in [4.78, 5) is 29.4. The van der Waals surface area contributed by atoms with E-state index in [0.29, 0.717) is 23.6 Å². The van der Waals surface area contributed by atoms with Gasteiger partial charge in [-0.25, -0.2) is 4.99 Å². The minimum atomic E-state index is -0.780. The number of ketones is 2. The lowest BCUT2D eigenvalue weighted by atomic mass is 9.77. The molecule has 0 saturated heterocycles. The minimum absolute atomic E-state index is 0.169. The molecule has 1 aromatic carbocycles. The molecular weight excluding hydrogens is 372 g/mol. The highest BCUT2D eigenvalue weighted by Gasteiger charge is 2.37. The van der Waals surface area contributed by atoms with Crippen LogP contribution in [0, 0.1) is 17.2 Å². The van der Waals surface area contributed by atoms with E-state index in [9.17, 15) is 9.59 Å². The third-order valence-corrected chi connectivity index (χ3v) is 6.82. The summed E-state index contributed by atoms with van der Waals surface area (Å²) in [7, 11) is 0. The zero-order valence-electron chi connectivity index (χ0n) is 17.7. The average Bonchev–Trinajstić information content (AvgIpc) is 2.77. The summed E-state index contributed by atoms with van der Waals surface area (Å²) in [5.74, 6) is 0.369. The maximum atomic E-state index is 12.8. The van der Waals surface area contributed by atoms with E-state index in [1.807, 2.05) is 12.1 Å². The van der Waals surface area contributed by atoms with Crippen LogP contribution in [0.1, 0.15) is 69.8 Å². The van der Waals surface area contributed by atoms with Gasteiger partial charge in [0.05, 0.1) is 17.3 Å². The van der Waals surface area contributed by atoms with Gasteiger partial charge in [-0.15, -0.1) is 0 Å². The first kappa shape index (κ1) is 20.6. The van der Waals surface area contributed by atoms with Gasteiger partial charge in [-0.2, -0.15) is 0 Å². The molecule has 1 atom stereocenters. The lowest BCUT2D eigenvalue weighted by Crippen LogP contribution is -2.37. The van der Waals surface area contributed by atoms with Crippen molar-refractivity contribution in [3.8, 4) is 0 Å². The van der Waals surface area contributed by atoms with Gasteiger partial charge in [0.2, 0.25) is 0 Å². The Labute approximate surface area is 178 Å². The number of carbonyl (C=O) groups is 2. The molecular formula is C26H30N2O2. The number of Topliss-reactive ketones (excluding diaryl/α,β-unsaturated/α-hetero) is 1. The molecule has 3 aliphatic rings. The molecule has 0 heterocycles. The summed E-state index contributed by atoms with van der Waals surface area (Å²) in [6, 6.07) is 8.30. The van der Waals surface area contributed by atoms with Gasteiger partial charge in [-0.05, 0) is 67.4 Å². The highest BCUT2D eigenvalue weighted by Crippen LogP contribution is 2.38. The second-order valence-electron chi connectivity index (χ2n) is 8.82. The first-order chi connectivity index (χ1) is 14.6. The van der Waals surface area contributed by atoms with E-state index in [-0.39, 0.29) is 17.3 Å². The first-order valence-corrected chi connectivity index (χ1v) is 11.3. The Morgan fingerprint density at radius 1 is 1.03 bits per heavy atom. The number of nitrogens with zero attached hydrogens (tertiary/aromatic N) is 1. The molecule has 1 saturated carbocycles. The lowest BCUT2D eigenvalue weighted by Gasteiger charge is -2.29. The van der Waals surface area contributed by atoms with E-state index in [4.69, 9.17) is 5.41 Å². The van der Waals surface area contributed by atoms with Gasteiger partial charge in [0.1, 0.15) is 0 Å². The Kier molecular flexibility index (Phi) is 6.21. The van der Waals surface area contributed by atoms with Crippen molar-refractivity contribution in [1.82, 2.24) is 0 Å². The minimum Gasteiger partial charge on any atom is -0.304 e. The molecule has 4 rings (SSSR count). The van der Waals surface area contributed by atoms with E-state index in [1.165, 1.54) is 62.7 Å². The quantitative estimate of drug-likeness (QED) is 0.666. The van der Waals surface area contributed by atoms with Crippen molar-refractivity contribution in [2.24, 2.45) is 16.8 Å². The van der Waals surface area contributed by atoms with Gasteiger partial charge >= 0.3 is 0 Å². The molecule has 0 aromatic heterocycles. The van der Waals surface area contributed by atoms with E-state index in [0.717, 1.165) is 11.6 Å². The Balaban J connectivity index is 1.43. The number of allylic oxidation sites excluding steroid dienone is 4. The van der Waals surface area contributed by atoms with Crippen LogP contribution in [0.15, 0.2) is 53.1 Å². The molecule has 1 aromatic rings. The molecule has 4 heteroatoms. The van der Waals surface area contributed by atoms with Crippen LogP contribution in [0.3, 0.4) is 0 Å². The van der Waals surface area contributed by atoms with Crippen molar-refractivity contribution >= 4 is 28.7 Å². The van der Waals surface area contributed by atoms with Crippen molar-refractivity contribution in [2.75, 3.05) is 0 Å². The molecule has 0 amide bonds. The largest absolute Gasteiger partial charge is 0.304 e. The van der Waals surface area contributed by atoms with Gasteiger partial charge in [-0.3, -0.25) is 9.59 Å². The van der Waals surface area contributed by atoms with Gasteiger partial charge in [-0.1, -0.05) is 44.4 Å². The fourth-order valence-corrected chi connectivity index (χ4v) is 5.00. The third-order valence-electron chi connectivity index (χ3n) is 6.82. The van der Waals surface area contributed by atoms with Crippen LogP contribution < -0.4 is 0 Å². The summed E-state index contributed by atoms with van der Waals surface area (Å²) in [6.07, 6.45) is 14.1. The zero-order valence-corrected chi connectivity index (χ0v) is 17.7. The molecule has 156 valence electrons.